The van der Waals surface area contributed by atoms with Crippen LogP contribution in [0.15, 0.2) is 0 Å². The average molecular weight is 365 g/mol. The van der Waals surface area contributed by atoms with E-state index in [4.69, 9.17) is 9.47 Å². The minimum absolute atomic E-state index is 0.0286. The van der Waals surface area contributed by atoms with Crippen LogP contribution in [0.5, 0.6) is 0 Å². The van der Waals surface area contributed by atoms with Crippen LogP contribution in [-0.4, -0.2) is 95.0 Å². The van der Waals surface area contributed by atoms with Gasteiger partial charge in [0.15, 0.2) is 0 Å². The number of hydrogen-bond acceptors (Lipinski definition) is 6. The van der Waals surface area contributed by atoms with Gasteiger partial charge in [0.1, 0.15) is 0 Å². The summed E-state index contributed by atoms with van der Waals surface area (Å²) in [7, 11) is -3.38. The molecule has 0 aromatic rings. The maximum absolute atomic E-state index is 12.1. The van der Waals surface area contributed by atoms with Crippen LogP contribution in [0, 0.1) is 0 Å². The third-order valence-electron chi connectivity index (χ3n) is 3.97. The van der Waals surface area contributed by atoms with Crippen LogP contribution < -0.4 is 5.32 Å². The van der Waals surface area contributed by atoms with E-state index >= 15 is 0 Å². The van der Waals surface area contributed by atoms with Crippen molar-refractivity contribution in [2.45, 2.75) is 20.3 Å². The molecule has 1 N–H and O–H groups in total. The van der Waals surface area contributed by atoms with Crippen LogP contribution in [0.4, 0.5) is 0 Å². The molecule has 1 aliphatic rings. The van der Waals surface area contributed by atoms with Gasteiger partial charge in [-0.2, -0.15) is 4.31 Å². The van der Waals surface area contributed by atoms with E-state index in [2.05, 4.69) is 24.1 Å². The minimum Gasteiger partial charge on any atom is -0.379 e. The van der Waals surface area contributed by atoms with Gasteiger partial charge in [-0.15, -0.1) is 0 Å². The van der Waals surface area contributed by atoms with E-state index in [1.54, 1.807) is 0 Å². The Hall–Kier alpha value is -0.740. The maximum Gasteiger partial charge on any atom is 0.221 e. The fraction of sp³-hybridized carbons (Fsp3) is 0.933. The van der Waals surface area contributed by atoms with Crippen molar-refractivity contribution in [3.05, 3.63) is 0 Å². The molecule has 24 heavy (non-hydrogen) atoms. The number of carbonyl (C=O) groups is 1. The van der Waals surface area contributed by atoms with Gasteiger partial charge in [0.25, 0.3) is 0 Å². The predicted molar refractivity (Wildman–Crippen MR) is 92.4 cm³/mol. The highest BCUT2D eigenvalue weighted by atomic mass is 32.2. The second-order valence-corrected chi connectivity index (χ2v) is 7.66. The molecule has 142 valence electrons. The molecule has 9 heteroatoms. The number of morpholine rings is 1. The zero-order chi connectivity index (χ0) is 17.8. The van der Waals surface area contributed by atoms with E-state index in [9.17, 15) is 13.2 Å². The monoisotopic (exact) mass is 365 g/mol. The normalized spacial score (nSPS) is 16.5. The Morgan fingerprint density at radius 2 is 1.88 bits per heavy atom. The number of likely N-dealkylation sites (N-methyl/N-ethyl adjacent to an activating group) is 1. The Morgan fingerprint density at radius 3 is 2.50 bits per heavy atom. The fourth-order valence-electron chi connectivity index (χ4n) is 2.36. The van der Waals surface area contributed by atoms with Crippen molar-refractivity contribution in [3.8, 4) is 0 Å². The quantitative estimate of drug-likeness (QED) is 0.470. The number of carbonyl (C=O) groups excluding carboxylic acids is 1. The van der Waals surface area contributed by atoms with Crippen molar-refractivity contribution in [1.29, 1.82) is 0 Å². The summed E-state index contributed by atoms with van der Waals surface area (Å²) in [5, 5.41) is 2.69. The van der Waals surface area contributed by atoms with E-state index < -0.39 is 10.0 Å². The molecular weight excluding hydrogens is 334 g/mol. The van der Waals surface area contributed by atoms with E-state index in [0.717, 1.165) is 19.6 Å². The molecule has 0 unspecified atom stereocenters. The van der Waals surface area contributed by atoms with E-state index in [1.165, 1.54) is 4.31 Å². The number of nitrogens with one attached hydrogen (secondary N) is 1. The van der Waals surface area contributed by atoms with Crippen LogP contribution >= 0.6 is 0 Å². The molecule has 0 aromatic carbocycles. The number of sulfonamides is 1. The van der Waals surface area contributed by atoms with Gasteiger partial charge < -0.3 is 19.7 Å². The highest BCUT2D eigenvalue weighted by Crippen LogP contribution is 2.06. The van der Waals surface area contributed by atoms with Gasteiger partial charge in [0.05, 0.1) is 32.2 Å². The molecular formula is C15H31N3O5S. The van der Waals surface area contributed by atoms with Gasteiger partial charge in [-0.25, -0.2) is 8.42 Å². The molecule has 0 radical (unpaired) electrons. The fourth-order valence-corrected chi connectivity index (χ4v) is 3.77. The van der Waals surface area contributed by atoms with E-state index in [1.807, 2.05) is 0 Å². The molecule has 1 rings (SSSR count). The minimum atomic E-state index is -3.38. The van der Waals surface area contributed by atoms with Crippen LogP contribution in [-0.2, 0) is 24.3 Å². The molecule has 0 aliphatic carbocycles. The Balaban J connectivity index is 2.09. The number of amides is 1. The molecule has 1 heterocycles. The lowest BCUT2D eigenvalue weighted by Gasteiger charge is -2.25. The highest BCUT2D eigenvalue weighted by molar-refractivity contribution is 7.89. The summed E-state index contributed by atoms with van der Waals surface area (Å²) in [5.41, 5.74) is 0. The largest absolute Gasteiger partial charge is 0.379 e. The summed E-state index contributed by atoms with van der Waals surface area (Å²) >= 11 is 0. The van der Waals surface area contributed by atoms with E-state index in [0.29, 0.717) is 46.1 Å². The van der Waals surface area contributed by atoms with E-state index in [-0.39, 0.29) is 18.1 Å². The molecule has 0 aromatic heterocycles. The molecule has 8 nitrogen and oxygen atoms in total. The number of rotatable bonds is 12. The lowest BCUT2D eigenvalue weighted by molar-refractivity contribution is -0.120. The molecule has 1 amide bonds. The summed E-state index contributed by atoms with van der Waals surface area (Å²) in [5.74, 6) is -0.430. The highest BCUT2D eigenvalue weighted by Gasteiger charge is 2.24. The first kappa shape index (κ1) is 21.3. The first-order valence-electron chi connectivity index (χ1n) is 8.62. The molecule has 1 aliphatic heterocycles. The van der Waals surface area contributed by atoms with Crippen molar-refractivity contribution >= 4 is 15.9 Å². The zero-order valence-electron chi connectivity index (χ0n) is 14.8. The van der Waals surface area contributed by atoms with Crippen molar-refractivity contribution in [2.75, 3.05) is 71.4 Å². The summed E-state index contributed by atoms with van der Waals surface area (Å²) in [4.78, 5) is 14.0. The van der Waals surface area contributed by atoms with Crippen LogP contribution in [0.3, 0.4) is 0 Å². The van der Waals surface area contributed by atoms with Gasteiger partial charge in [-0.1, -0.05) is 13.8 Å². The first-order chi connectivity index (χ1) is 11.5. The third kappa shape index (κ3) is 8.39. The number of ether oxygens (including phenoxy) is 2. The summed E-state index contributed by atoms with van der Waals surface area (Å²) < 4.78 is 36.2. The molecule has 1 fully saturated rings. The maximum atomic E-state index is 12.1. The molecule has 0 spiro atoms. The van der Waals surface area contributed by atoms with Gasteiger partial charge in [-0.3, -0.25) is 4.79 Å². The predicted octanol–water partition coefficient (Wildman–Crippen LogP) is -0.487. The van der Waals surface area contributed by atoms with Gasteiger partial charge in [0, 0.05) is 32.6 Å². The number of hydrogen-bond donors (Lipinski definition) is 1. The first-order valence-corrected chi connectivity index (χ1v) is 10.2. The topological polar surface area (TPSA) is 88.2 Å². The Bertz CT molecular complexity index is 448. The SMILES string of the molecule is CCN(CC)CCOCCNC(=O)CCS(=O)(=O)N1CCOCC1. The molecule has 1 saturated heterocycles. The summed E-state index contributed by atoms with van der Waals surface area (Å²) in [6.07, 6.45) is -0.0286. The lowest BCUT2D eigenvalue weighted by Crippen LogP contribution is -2.42. The average Bonchev–Trinajstić information content (AvgIpc) is 2.60. The van der Waals surface area contributed by atoms with Crippen LogP contribution in [0.25, 0.3) is 0 Å². The van der Waals surface area contributed by atoms with Gasteiger partial charge in [0.2, 0.25) is 15.9 Å². The van der Waals surface area contributed by atoms with Crippen LogP contribution in [0.1, 0.15) is 20.3 Å². The number of nitrogens with zero attached hydrogens (tertiary/aromatic N) is 2. The summed E-state index contributed by atoms with van der Waals surface area (Å²) in [6.45, 7) is 10.1. The van der Waals surface area contributed by atoms with Crippen molar-refractivity contribution in [3.63, 3.8) is 0 Å². The van der Waals surface area contributed by atoms with Crippen molar-refractivity contribution in [1.82, 2.24) is 14.5 Å². The van der Waals surface area contributed by atoms with Crippen LogP contribution in [0.2, 0.25) is 0 Å². The summed E-state index contributed by atoms with van der Waals surface area (Å²) in [6, 6.07) is 0. The lowest BCUT2D eigenvalue weighted by atomic mass is 10.4. The van der Waals surface area contributed by atoms with Gasteiger partial charge in [-0.05, 0) is 13.1 Å². The molecule has 0 atom stereocenters. The molecule has 0 bridgehead atoms. The Morgan fingerprint density at radius 1 is 1.21 bits per heavy atom. The Labute approximate surface area is 145 Å². The third-order valence-corrected chi connectivity index (χ3v) is 5.84. The van der Waals surface area contributed by atoms with Crippen molar-refractivity contribution < 1.29 is 22.7 Å². The van der Waals surface area contributed by atoms with Gasteiger partial charge >= 0.3 is 0 Å². The second-order valence-electron chi connectivity index (χ2n) is 5.57. The zero-order valence-corrected chi connectivity index (χ0v) is 15.6. The molecule has 0 saturated carbocycles. The van der Waals surface area contributed by atoms with Crippen molar-refractivity contribution in [2.24, 2.45) is 0 Å². The second kappa shape index (κ2) is 11.8. The smallest absolute Gasteiger partial charge is 0.221 e. The Kier molecular flexibility index (Phi) is 10.4. The standard InChI is InChI=1S/C15H31N3O5S/c1-3-17(4-2)7-11-22-10-6-16-15(19)5-14-24(20,21)18-8-12-23-13-9-18/h3-14H2,1-2H3,(H,16,19).